The van der Waals surface area contributed by atoms with Crippen LogP contribution in [0.3, 0.4) is 0 Å². The van der Waals surface area contributed by atoms with Crippen molar-refractivity contribution in [3.63, 3.8) is 0 Å². The number of unbranched alkanes of at least 4 members (excludes halogenated alkanes) is 1. The second-order valence-corrected chi connectivity index (χ2v) is 4.61. The van der Waals surface area contributed by atoms with Gasteiger partial charge in [-0.05, 0) is 31.2 Å². The first-order valence-corrected chi connectivity index (χ1v) is 6.77. The van der Waals surface area contributed by atoms with Crippen molar-refractivity contribution in [1.82, 2.24) is 5.32 Å². The SMILES string of the molecule is NC(=O)CCCNC(=O)CCCCc1ccccc1. The van der Waals surface area contributed by atoms with Crippen LogP contribution in [0.1, 0.15) is 37.7 Å². The third-order valence-corrected chi connectivity index (χ3v) is 2.88. The van der Waals surface area contributed by atoms with Crippen LogP contribution in [0, 0.1) is 0 Å². The number of hydrogen-bond acceptors (Lipinski definition) is 2. The zero-order valence-corrected chi connectivity index (χ0v) is 11.2. The average Bonchev–Trinajstić information content (AvgIpc) is 2.41. The lowest BCUT2D eigenvalue weighted by atomic mass is 10.1. The molecule has 0 saturated carbocycles. The van der Waals surface area contributed by atoms with Crippen molar-refractivity contribution >= 4 is 11.8 Å². The van der Waals surface area contributed by atoms with E-state index < -0.39 is 0 Å². The monoisotopic (exact) mass is 262 g/mol. The molecule has 1 rings (SSSR count). The maximum absolute atomic E-state index is 11.5. The molecular formula is C15H22N2O2. The fourth-order valence-corrected chi connectivity index (χ4v) is 1.84. The molecule has 0 saturated heterocycles. The number of carbonyl (C=O) groups excluding carboxylic acids is 2. The van der Waals surface area contributed by atoms with Crippen LogP contribution in [0.4, 0.5) is 0 Å². The van der Waals surface area contributed by atoms with Crippen LogP contribution in [0.25, 0.3) is 0 Å². The summed E-state index contributed by atoms with van der Waals surface area (Å²) in [6.45, 7) is 0.528. The van der Waals surface area contributed by atoms with Crippen molar-refractivity contribution in [2.24, 2.45) is 5.73 Å². The van der Waals surface area contributed by atoms with Gasteiger partial charge in [0.25, 0.3) is 0 Å². The van der Waals surface area contributed by atoms with E-state index in [9.17, 15) is 9.59 Å². The Labute approximate surface area is 114 Å². The maximum atomic E-state index is 11.5. The van der Waals surface area contributed by atoms with Gasteiger partial charge < -0.3 is 11.1 Å². The summed E-state index contributed by atoms with van der Waals surface area (Å²) in [6.07, 6.45) is 4.40. The van der Waals surface area contributed by atoms with Crippen molar-refractivity contribution in [2.45, 2.75) is 38.5 Å². The van der Waals surface area contributed by atoms with Gasteiger partial charge in [-0.1, -0.05) is 30.3 Å². The Morgan fingerprint density at radius 2 is 1.74 bits per heavy atom. The summed E-state index contributed by atoms with van der Waals surface area (Å²) in [6, 6.07) is 10.3. The molecule has 0 bridgehead atoms. The Morgan fingerprint density at radius 3 is 2.42 bits per heavy atom. The van der Waals surface area contributed by atoms with E-state index in [1.807, 2.05) is 18.2 Å². The van der Waals surface area contributed by atoms with Gasteiger partial charge in [-0.15, -0.1) is 0 Å². The van der Waals surface area contributed by atoms with Gasteiger partial charge in [-0.3, -0.25) is 9.59 Å². The molecule has 0 heterocycles. The van der Waals surface area contributed by atoms with E-state index >= 15 is 0 Å². The molecule has 4 heteroatoms. The molecule has 3 N–H and O–H groups in total. The zero-order chi connectivity index (χ0) is 13.9. The largest absolute Gasteiger partial charge is 0.370 e. The molecule has 19 heavy (non-hydrogen) atoms. The van der Waals surface area contributed by atoms with Crippen LogP contribution in [0.15, 0.2) is 30.3 Å². The maximum Gasteiger partial charge on any atom is 0.219 e. The third kappa shape index (κ3) is 7.97. The van der Waals surface area contributed by atoms with E-state index in [1.165, 1.54) is 5.56 Å². The van der Waals surface area contributed by atoms with Crippen LogP contribution < -0.4 is 11.1 Å². The van der Waals surface area contributed by atoms with E-state index in [0.717, 1.165) is 19.3 Å². The molecular weight excluding hydrogens is 240 g/mol. The number of rotatable bonds is 9. The van der Waals surface area contributed by atoms with E-state index in [4.69, 9.17) is 5.73 Å². The summed E-state index contributed by atoms with van der Waals surface area (Å²) >= 11 is 0. The summed E-state index contributed by atoms with van der Waals surface area (Å²) in [5.74, 6) is -0.269. The number of nitrogens with two attached hydrogens (primary N) is 1. The summed E-state index contributed by atoms with van der Waals surface area (Å²) in [4.78, 5) is 22.0. The van der Waals surface area contributed by atoms with Crippen LogP contribution in [-0.4, -0.2) is 18.4 Å². The summed E-state index contributed by atoms with van der Waals surface area (Å²) < 4.78 is 0. The number of primary amides is 1. The summed E-state index contributed by atoms with van der Waals surface area (Å²) in [5.41, 5.74) is 6.32. The molecule has 4 nitrogen and oxygen atoms in total. The number of benzene rings is 1. The minimum Gasteiger partial charge on any atom is -0.370 e. The summed E-state index contributed by atoms with van der Waals surface area (Å²) in [7, 11) is 0. The molecule has 0 aromatic heterocycles. The van der Waals surface area contributed by atoms with E-state index in [0.29, 0.717) is 25.8 Å². The quantitative estimate of drug-likeness (QED) is 0.666. The number of nitrogens with one attached hydrogen (secondary N) is 1. The molecule has 0 aliphatic rings. The molecule has 104 valence electrons. The molecule has 1 aromatic carbocycles. The van der Waals surface area contributed by atoms with Crippen LogP contribution in [0.5, 0.6) is 0 Å². The number of aryl methyl sites for hydroxylation is 1. The predicted molar refractivity (Wildman–Crippen MR) is 75.4 cm³/mol. The highest BCUT2D eigenvalue weighted by Gasteiger charge is 2.01. The number of amides is 2. The average molecular weight is 262 g/mol. The zero-order valence-electron chi connectivity index (χ0n) is 11.2. The van der Waals surface area contributed by atoms with Gasteiger partial charge in [0.2, 0.25) is 11.8 Å². The first-order chi connectivity index (χ1) is 9.18. The highest BCUT2D eigenvalue weighted by molar-refractivity contribution is 5.76. The smallest absolute Gasteiger partial charge is 0.219 e. The van der Waals surface area contributed by atoms with Crippen molar-refractivity contribution < 1.29 is 9.59 Å². The Hall–Kier alpha value is -1.84. The van der Waals surface area contributed by atoms with Crippen molar-refractivity contribution in [3.8, 4) is 0 Å². The predicted octanol–water partition coefficient (Wildman–Crippen LogP) is 1.78. The molecule has 0 unspecified atom stereocenters. The standard InChI is InChI=1S/C15H22N2O2/c16-14(18)10-6-12-17-15(19)11-5-4-9-13-7-2-1-3-8-13/h1-3,7-8H,4-6,9-12H2,(H2,16,18)(H,17,19). The Bertz CT molecular complexity index is 390. The minimum absolute atomic E-state index is 0.0533. The van der Waals surface area contributed by atoms with Crippen LogP contribution in [0.2, 0.25) is 0 Å². The first kappa shape index (κ1) is 15.2. The highest BCUT2D eigenvalue weighted by Crippen LogP contribution is 2.06. The lowest BCUT2D eigenvalue weighted by molar-refractivity contribution is -0.122. The molecule has 0 atom stereocenters. The molecule has 0 spiro atoms. The highest BCUT2D eigenvalue weighted by atomic mass is 16.2. The Morgan fingerprint density at radius 1 is 1.00 bits per heavy atom. The van der Waals surface area contributed by atoms with Gasteiger partial charge in [-0.2, -0.15) is 0 Å². The molecule has 0 radical (unpaired) electrons. The second-order valence-electron chi connectivity index (χ2n) is 4.61. The van der Waals surface area contributed by atoms with Gasteiger partial charge in [0.1, 0.15) is 0 Å². The lowest BCUT2D eigenvalue weighted by Gasteiger charge is -2.04. The van der Waals surface area contributed by atoms with Crippen molar-refractivity contribution in [3.05, 3.63) is 35.9 Å². The van der Waals surface area contributed by atoms with Crippen LogP contribution in [-0.2, 0) is 16.0 Å². The lowest BCUT2D eigenvalue weighted by Crippen LogP contribution is -2.25. The minimum atomic E-state index is -0.322. The topological polar surface area (TPSA) is 72.2 Å². The Balaban J connectivity index is 2.00. The van der Waals surface area contributed by atoms with E-state index in [-0.39, 0.29) is 11.8 Å². The molecule has 2 amide bonds. The van der Waals surface area contributed by atoms with Crippen molar-refractivity contribution in [1.29, 1.82) is 0 Å². The normalized spacial score (nSPS) is 10.1. The van der Waals surface area contributed by atoms with E-state index in [2.05, 4.69) is 17.4 Å². The van der Waals surface area contributed by atoms with Gasteiger partial charge >= 0.3 is 0 Å². The number of carbonyl (C=O) groups is 2. The summed E-state index contributed by atoms with van der Waals surface area (Å²) in [5, 5.41) is 2.79. The fourth-order valence-electron chi connectivity index (χ4n) is 1.84. The van der Waals surface area contributed by atoms with Crippen LogP contribution >= 0.6 is 0 Å². The van der Waals surface area contributed by atoms with Gasteiger partial charge in [-0.25, -0.2) is 0 Å². The molecule has 0 fully saturated rings. The fraction of sp³-hybridized carbons (Fsp3) is 0.467. The molecule has 0 aliphatic heterocycles. The van der Waals surface area contributed by atoms with Gasteiger partial charge in [0.05, 0.1) is 0 Å². The Kier molecular flexibility index (Phi) is 7.32. The van der Waals surface area contributed by atoms with Crippen molar-refractivity contribution in [2.75, 3.05) is 6.54 Å². The third-order valence-electron chi connectivity index (χ3n) is 2.88. The molecule has 0 aliphatic carbocycles. The molecule has 1 aromatic rings. The first-order valence-electron chi connectivity index (χ1n) is 6.77. The van der Waals surface area contributed by atoms with Gasteiger partial charge in [0, 0.05) is 19.4 Å². The second kappa shape index (κ2) is 9.14. The van der Waals surface area contributed by atoms with E-state index in [1.54, 1.807) is 0 Å². The number of hydrogen-bond donors (Lipinski definition) is 2. The van der Waals surface area contributed by atoms with Gasteiger partial charge in [0.15, 0.2) is 0 Å².